The summed E-state index contributed by atoms with van der Waals surface area (Å²) in [5.74, 6) is 1.26. The van der Waals surface area contributed by atoms with Crippen LogP contribution in [-0.2, 0) is 4.79 Å². The Labute approximate surface area is 196 Å². The molecule has 0 saturated carbocycles. The Morgan fingerprint density at radius 3 is 2.67 bits per heavy atom. The van der Waals surface area contributed by atoms with Gasteiger partial charge in [-0.25, -0.2) is 4.39 Å². The largest absolute Gasteiger partial charge is 0.489 e. The summed E-state index contributed by atoms with van der Waals surface area (Å²) in [6.45, 7) is 5.15. The van der Waals surface area contributed by atoms with E-state index in [1.165, 1.54) is 12.1 Å². The molecular weight excluding hydrogens is 500 g/mol. The van der Waals surface area contributed by atoms with E-state index in [4.69, 9.17) is 4.74 Å². The summed E-state index contributed by atoms with van der Waals surface area (Å²) in [5, 5.41) is 6.54. The molecule has 1 saturated heterocycles. The summed E-state index contributed by atoms with van der Waals surface area (Å²) in [4.78, 5) is 20.4. The van der Waals surface area contributed by atoms with E-state index in [2.05, 4.69) is 20.5 Å². The molecule has 2 atom stereocenters. The Morgan fingerprint density at radius 2 is 2.03 bits per heavy atom. The third-order valence-corrected chi connectivity index (χ3v) is 4.94. The third-order valence-electron chi connectivity index (χ3n) is 4.94. The molecule has 0 spiro atoms. The number of rotatable bonds is 9. The van der Waals surface area contributed by atoms with Crippen LogP contribution in [0.3, 0.4) is 0 Å². The highest BCUT2D eigenvalue weighted by Gasteiger charge is 2.30. The van der Waals surface area contributed by atoms with Crippen molar-refractivity contribution in [1.82, 2.24) is 20.4 Å². The lowest BCUT2D eigenvalue weighted by Crippen LogP contribution is -2.44. The molecule has 0 aromatic heterocycles. The molecule has 1 amide bonds. The Balaban J connectivity index is 0.00000450. The minimum absolute atomic E-state index is 0. The average Bonchev–Trinajstić information content (AvgIpc) is 3.17. The number of likely N-dealkylation sites (N-methyl/N-ethyl adjacent to an activating group) is 1. The molecule has 2 unspecified atom stereocenters. The Bertz CT molecular complexity index is 672. The SMILES string of the molecule is CN=C(NCCCN1CCCC1C(=O)N(C)C)NCC(C)Oc1ccc(F)cc1.I. The smallest absolute Gasteiger partial charge is 0.239 e. The van der Waals surface area contributed by atoms with Crippen LogP contribution >= 0.6 is 24.0 Å². The summed E-state index contributed by atoms with van der Waals surface area (Å²) in [6.07, 6.45) is 2.85. The first-order chi connectivity index (χ1) is 13.9. The molecule has 1 aliphatic rings. The van der Waals surface area contributed by atoms with Gasteiger partial charge in [0.15, 0.2) is 5.96 Å². The number of hydrogen-bond acceptors (Lipinski definition) is 4. The lowest BCUT2D eigenvalue weighted by Gasteiger charge is -2.26. The van der Waals surface area contributed by atoms with Crippen molar-refractivity contribution in [3.8, 4) is 5.75 Å². The number of nitrogens with one attached hydrogen (secondary N) is 2. The van der Waals surface area contributed by atoms with Crippen molar-refractivity contribution in [3.63, 3.8) is 0 Å². The van der Waals surface area contributed by atoms with Crippen molar-refractivity contribution in [3.05, 3.63) is 30.1 Å². The van der Waals surface area contributed by atoms with Gasteiger partial charge in [0.25, 0.3) is 0 Å². The number of hydrogen-bond donors (Lipinski definition) is 2. The highest BCUT2D eigenvalue weighted by molar-refractivity contribution is 14.0. The zero-order valence-electron chi connectivity index (χ0n) is 18.4. The van der Waals surface area contributed by atoms with Crippen LogP contribution in [0.25, 0.3) is 0 Å². The van der Waals surface area contributed by atoms with Gasteiger partial charge < -0.3 is 20.3 Å². The van der Waals surface area contributed by atoms with Gasteiger partial charge in [-0.1, -0.05) is 0 Å². The van der Waals surface area contributed by atoms with Crippen molar-refractivity contribution in [2.75, 3.05) is 47.3 Å². The molecule has 0 bridgehead atoms. The van der Waals surface area contributed by atoms with E-state index in [9.17, 15) is 9.18 Å². The molecule has 0 aliphatic carbocycles. The molecule has 1 heterocycles. The summed E-state index contributed by atoms with van der Waals surface area (Å²) >= 11 is 0. The number of aliphatic imine (C=N–C) groups is 1. The van der Waals surface area contributed by atoms with Crippen LogP contribution in [0.1, 0.15) is 26.2 Å². The molecule has 1 aromatic rings. The van der Waals surface area contributed by atoms with Crippen LogP contribution < -0.4 is 15.4 Å². The highest BCUT2D eigenvalue weighted by Crippen LogP contribution is 2.18. The molecule has 2 rings (SSSR count). The maximum Gasteiger partial charge on any atom is 0.239 e. The van der Waals surface area contributed by atoms with Crippen molar-refractivity contribution in [2.24, 2.45) is 4.99 Å². The molecule has 2 N–H and O–H groups in total. The first-order valence-electron chi connectivity index (χ1n) is 10.2. The van der Waals surface area contributed by atoms with Gasteiger partial charge in [-0.2, -0.15) is 0 Å². The van der Waals surface area contributed by atoms with Crippen LogP contribution in [0.2, 0.25) is 0 Å². The van der Waals surface area contributed by atoms with E-state index in [-0.39, 0.29) is 47.8 Å². The lowest BCUT2D eigenvalue weighted by molar-refractivity contribution is -0.133. The quantitative estimate of drug-likeness (QED) is 0.220. The van der Waals surface area contributed by atoms with E-state index >= 15 is 0 Å². The summed E-state index contributed by atoms with van der Waals surface area (Å²) in [5.41, 5.74) is 0. The predicted octanol–water partition coefficient (Wildman–Crippen LogP) is 2.32. The number of amides is 1. The molecule has 0 radical (unpaired) electrons. The van der Waals surface area contributed by atoms with E-state index < -0.39 is 0 Å². The fourth-order valence-electron chi connectivity index (χ4n) is 3.41. The van der Waals surface area contributed by atoms with Gasteiger partial charge in [0.1, 0.15) is 17.7 Å². The Kier molecular flexibility index (Phi) is 12.0. The number of likely N-dealkylation sites (tertiary alicyclic amines) is 1. The van der Waals surface area contributed by atoms with Gasteiger partial charge in [0.2, 0.25) is 5.91 Å². The highest BCUT2D eigenvalue weighted by atomic mass is 127. The first-order valence-corrected chi connectivity index (χ1v) is 10.2. The number of ether oxygens (including phenoxy) is 1. The zero-order valence-corrected chi connectivity index (χ0v) is 20.7. The Hall–Kier alpha value is -1.62. The maximum absolute atomic E-state index is 13.0. The van der Waals surface area contributed by atoms with Gasteiger partial charge in [-0.15, -0.1) is 24.0 Å². The van der Waals surface area contributed by atoms with Crippen molar-refractivity contribution in [1.29, 1.82) is 0 Å². The van der Waals surface area contributed by atoms with E-state index in [0.29, 0.717) is 18.3 Å². The number of carbonyl (C=O) groups is 1. The van der Waals surface area contributed by atoms with Gasteiger partial charge in [0.05, 0.1) is 12.6 Å². The second-order valence-electron chi connectivity index (χ2n) is 7.54. The van der Waals surface area contributed by atoms with Crippen LogP contribution in [-0.4, -0.2) is 81.1 Å². The maximum atomic E-state index is 13.0. The number of benzene rings is 1. The van der Waals surface area contributed by atoms with Crippen LogP contribution in [0, 0.1) is 5.82 Å². The third kappa shape index (κ3) is 8.63. The van der Waals surface area contributed by atoms with Crippen molar-refractivity contribution < 1.29 is 13.9 Å². The van der Waals surface area contributed by atoms with Crippen LogP contribution in [0.15, 0.2) is 29.3 Å². The van der Waals surface area contributed by atoms with E-state index in [1.807, 2.05) is 21.0 Å². The van der Waals surface area contributed by atoms with Crippen molar-refractivity contribution >= 4 is 35.8 Å². The van der Waals surface area contributed by atoms with E-state index in [1.54, 1.807) is 24.1 Å². The average molecular weight is 535 g/mol. The summed E-state index contributed by atoms with van der Waals surface area (Å²) in [7, 11) is 5.36. The molecule has 9 heteroatoms. The van der Waals surface area contributed by atoms with Crippen LogP contribution in [0.4, 0.5) is 4.39 Å². The standard InChI is InChI=1S/C21H34FN5O2.HI/c1-16(29-18-10-8-17(22)9-11-18)15-25-21(23-2)24-12-6-14-27-13-5-7-19(27)20(28)26(3)4;/h8-11,16,19H,5-7,12-15H2,1-4H3,(H2,23,24,25);1H. The minimum atomic E-state index is -0.279. The van der Waals surface area contributed by atoms with Crippen LogP contribution in [0.5, 0.6) is 5.75 Å². The fourth-order valence-corrected chi connectivity index (χ4v) is 3.41. The summed E-state index contributed by atoms with van der Waals surface area (Å²) < 4.78 is 18.7. The second-order valence-corrected chi connectivity index (χ2v) is 7.54. The second kappa shape index (κ2) is 13.6. The van der Waals surface area contributed by atoms with Gasteiger partial charge in [-0.3, -0.25) is 14.7 Å². The normalized spacial score (nSPS) is 17.8. The van der Waals surface area contributed by atoms with Gasteiger partial charge in [-0.05, 0) is 57.0 Å². The van der Waals surface area contributed by atoms with Gasteiger partial charge in [0, 0.05) is 34.2 Å². The molecule has 30 heavy (non-hydrogen) atoms. The predicted molar refractivity (Wildman–Crippen MR) is 129 cm³/mol. The Morgan fingerprint density at radius 1 is 1.33 bits per heavy atom. The molecule has 1 aromatic carbocycles. The lowest BCUT2D eigenvalue weighted by atomic mass is 10.2. The number of carbonyl (C=O) groups excluding carboxylic acids is 1. The van der Waals surface area contributed by atoms with E-state index in [0.717, 1.165) is 38.9 Å². The minimum Gasteiger partial charge on any atom is -0.489 e. The molecule has 7 nitrogen and oxygen atoms in total. The number of guanidine groups is 1. The molecule has 170 valence electrons. The number of nitrogens with zero attached hydrogens (tertiary/aromatic N) is 3. The fraction of sp³-hybridized carbons (Fsp3) is 0.619. The van der Waals surface area contributed by atoms with Gasteiger partial charge >= 0.3 is 0 Å². The van der Waals surface area contributed by atoms with Crippen molar-refractivity contribution in [2.45, 2.75) is 38.3 Å². The molecule has 1 fully saturated rings. The molecule has 1 aliphatic heterocycles. The zero-order chi connectivity index (χ0) is 21.2. The summed E-state index contributed by atoms with van der Waals surface area (Å²) in [6, 6.07) is 6.02. The number of halogens is 2. The monoisotopic (exact) mass is 535 g/mol. The topological polar surface area (TPSA) is 69.2 Å². The molecular formula is C21H35FIN5O2. The first kappa shape index (κ1) is 26.4.